The van der Waals surface area contributed by atoms with Crippen molar-refractivity contribution in [3.05, 3.63) is 0 Å². The van der Waals surface area contributed by atoms with E-state index in [0.29, 0.717) is 12.5 Å². The van der Waals surface area contributed by atoms with Crippen LogP contribution in [0.4, 0.5) is 0 Å². The Hall–Kier alpha value is -0.570. The molecule has 82 valence electrons. The van der Waals surface area contributed by atoms with Gasteiger partial charge < -0.3 is 10.6 Å². The molecule has 1 heterocycles. The summed E-state index contributed by atoms with van der Waals surface area (Å²) in [5, 5.41) is 6.37. The summed E-state index contributed by atoms with van der Waals surface area (Å²) in [4.78, 5) is 11.5. The SMILES string of the molecule is CC(C)(C)NC(=O)CC[C@H]1CCCN1. The first-order valence-corrected chi connectivity index (χ1v) is 5.52. The van der Waals surface area contributed by atoms with Crippen molar-refractivity contribution in [2.24, 2.45) is 0 Å². The van der Waals surface area contributed by atoms with Crippen LogP contribution >= 0.6 is 0 Å². The molecule has 1 saturated heterocycles. The van der Waals surface area contributed by atoms with Crippen LogP contribution in [0.15, 0.2) is 0 Å². The van der Waals surface area contributed by atoms with E-state index in [9.17, 15) is 4.79 Å². The summed E-state index contributed by atoms with van der Waals surface area (Å²) in [5.41, 5.74) is -0.0970. The quantitative estimate of drug-likeness (QED) is 0.720. The molecule has 0 aromatic heterocycles. The Balaban J connectivity index is 2.14. The van der Waals surface area contributed by atoms with Crippen LogP contribution in [0.3, 0.4) is 0 Å². The first-order valence-electron chi connectivity index (χ1n) is 5.52. The molecular formula is C11H22N2O. The van der Waals surface area contributed by atoms with Crippen molar-refractivity contribution in [2.45, 2.75) is 58.0 Å². The maximum absolute atomic E-state index is 11.5. The highest BCUT2D eigenvalue weighted by atomic mass is 16.1. The highest BCUT2D eigenvalue weighted by Crippen LogP contribution is 2.11. The van der Waals surface area contributed by atoms with Crippen LogP contribution in [0.5, 0.6) is 0 Å². The van der Waals surface area contributed by atoms with E-state index in [-0.39, 0.29) is 11.4 Å². The fourth-order valence-electron chi connectivity index (χ4n) is 1.79. The summed E-state index contributed by atoms with van der Waals surface area (Å²) < 4.78 is 0. The Morgan fingerprint density at radius 3 is 2.71 bits per heavy atom. The van der Waals surface area contributed by atoms with Gasteiger partial charge in [-0.15, -0.1) is 0 Å². The molecule has 0 bridgehead atoms. The van der Waals surface area contributed by atoms with Crippen LogP contribution < -0.4 is 10.6 Å². The zero-order chi connectivity index (χ0) is 10.6. The normalized spacial score (nSPS) is 22.4. The summed E-state index contributed by atoms with van der Waals surface area (Å²) in [5.74, 6) is 0.172. The van der Waals surface area contributed by atoms with Crippen molar-refractivity contribution in [3.63, 3.8) is 0 Å². The zero-order valence-corrected chi connectivity index (χ0v) is 9.52. The summed E-state index contributed by atoms with van der Waals surface area (Å²) in [7, 11) is 0. The van der Waals surface area contributed by atoms with Gasteiger partial charge in [-0.2, -0.15) is 0 Å². The number of rotatable bonds is 3. The standard InChI is InChI=1S/C11H22N2O/c1-11(2,3)13-10(14)7-6-9-5-4-8-12-9/h9,12H,4-8H2,1-3H3,(H,13,14)/t9-/m1/s1. The maximum Gasteiger partial charge on any atom is 0.220 e. The number of nitrogens with one attached hydrogen (secondary N) is 2. The number of hydrogen-bond donors (Lipinski definition) is 2. The van der Waals surface area contributed by atoms with Crippen LogP contribution in [-0.2, 0) is 4.79 Å². The molecule has 14 heavy (non-hydrogen) atoms. The van der Waals surface area contributed by atoms with E-state index in [4.69, 9.17) is 0 Å². The van der Waals surface area contributed by atoms with Gasteiger partial charge in [0.05, 0.1) is 0 Å². The predicted octanol–water partition coefficient (Wildman–Crippen LogP) is 1.43. The molecule has 1 amide bonds. The minimum atomic E-state index is -0.0970. The van der Waals surface area contributed by atoms with Crippen molar-refractivity contribution in [1.82, 2.24) is 10.6 Å². The monoisotopic (exact) mass is 198 g/mol. The third kappa shape index (κ3) is 4.61. The summed E-state index contributed by atoms with van der Waals surface area (Å²) in [6, 6.07) is 0.570. The van der Waals surface area contributed by atoms with Crippen molar-refractivity contribution in [1.29, 1.82) is 0 Å². The average Bonchev–Trinajstić information content (AvgIpc) is 2.49. The number of carbonyl (C=O) groups excluding carboxylic acids is 1. The van der Waals surface area contributed by atoms with E-state index in [0.717, 1.165) is 13.0 Å². The van der Waals surface area contributed by atoms with E-state index in [1.54, 1.807) is 0 Å². The van der Waals surface area contributed by atoms with Crippen LogP contribution in [0.25, 0.3) is 0 Å². The van der Waals surface area contributed by atoms with Crippen molar-refractivity contribution in [2.75, 3.05) is 6.54 Å². The van der Waals surface area contributed by atoms with Crippen LogP contribution in [-0.4, -0.2) is 24.0 Å². The lowest BCUT2D eigenvalue weighted by molar-refractivity contribution is -0.122. The molecule has 1 atom stereocenters. The molecule has 2 N–H and O–H groups in total. The summed E-state index contributed by atoms with van der Waals surface area (Å²) in [6.45, 7) is 7.15. The van der Waals surface area contributed by atoms with E-state index in [2.05, 4.69) is 10.6 Å². The molecule has 1 aliphatic rings. The van der Waals surface area contributed by atoms with Gasteiger partial charge in [0.25, 0.3) is 0 Å². The molecule has 1 fully saturated rings. The minimum Gasteiger partial charge on any atom is -0.352 e. The van der Waals surface area contributed by atoms with Crippen LogP contribution in [0, 0.1) is 0 Å². The second-order valence-electron chi connectivity index (χ2n) is 5.13. The third-order valence-corrected chi connectivity index (χ3v) is 2.40. The molecule has 0 radical (unpaired) electrons. The summed E-state index contributed by atoms with van der Waals surface area (Å²) in [6.07, 6.45) is 4.10. The fourth-order valence-corrected chi connectivity index (χ4v) is 1.79. The fraction of sp³-hybridized carbons (Fsp3) is 0.909. The van der Waals surface area contributed by atoms with E-state index >= 15 is 0 Å². The van der Waals surface area contributed by atoms with Crippen molar-refractivity contribution in [3.8, 4) is 0 Å². The second-order valence-corrected chi connectivity index (χ2v) is 5.13. The first kappa shape index (κ1) is 11.5. The Morgan fingerprint density at radius 1 is 1.50 bits per heavy atom. The zero-order valence-electron chi connectivity index (χ0n) is 9.52. The Bertz CT molecular complexity index is 190. The molecule has 1 rings (SSSR count). The molecule has 0 aliphatic carbocycles. The molecule has 3 heteroatoms. The van der Waals surface area contributed by atoms with E-state index in [1.807, 2.05) is 20.8 Å². The van der Waals surface area contributed by atoms with Gasteiger partial charge in [0, 0.05) is 18.0 Å². The van der Waals surface area contributed by atoms with E-state index in [1.165, 1.54) is 12.8 Å². The molecule has 0 saturated carbocycles. The van der Waals surface area contributed by atoms with Crippen LogP contribution in [0.2, 0.25) is 0 Å². The highest BCUT2D eigenvalue weighted by molar-refractivity contribution is 5.76. The van der Waals surface area contributed by atoms with Gasteiger partial charge >= 0.3 is 0 Å². The number of carbonyl (C=O) groups is 1. The molecule has 1 aliphatic heterocycles. The second kappa shape index (κ2) is 4.78. The van der Waals surface area contributed by atoms with Gasteiger partial charge in [0.15, 0.2) is 0 Å². The Morgan fingerprint density at radius 2 is 2.21 bits per heavy atom. The number of hydrogen-bond acceptors (Lipinski definition) is 2. The number of amides is 1. The average molecular weight is 198 g/mol. The molecule has 0 spiro atoms. The van der Waals surface area contributed by atoms with Gasteiger partial charge in [-0.1, -0.05) is 0 Å². The Labute approximate surface area is 86.6 Å². The maximum atomic E-state index is 11.5. The largest absolute Gasteiger partial charge is 0.352 e. The van der Waals surface area contributed by atoms with Crippen molar-refractivity contribution >= 4 is 5.91 Å². The van der Waals surface area contributed by atoms with E-state index < -0.39 is 0 Å². The van der Waals surface area contributed by atoms with Gasteiger partial charge in [0.2, 0.25) is 5.91 Å². The lowest BCUT2D eigenvalue weighted by atomic mass is 10.1. The smallest absolute Gasteiger partial charge is 0.220 e. The lowest BCUT2D eigenvalue weighted by Crippen LogP contribution is -2.41. The molecule has 0 aromatic carbocycles. The topological polar surface area (TPSA) is 41.1 Å². The molecular weight excluding hydrogens is 176 g/mol. The predicted molar refractivity (Wildman–Crippen MR) is 58.2 cm³/mol. The van der Waals surface area contributed by atoms with Gasteiger partial charge in [-0.3, -0.25) is 4.79 Å². The van der Waals surface area contributed by atoms with Gasteiger partial charge in [-0.25, -0.2) is 0 Å². The first-order chi connectivity index (χ1) is 6.47. The minimum absolute atomic E-state index is 0.0970. The van der Waals surface area contributed by atoms with Crippen molar-refractivity contribution < 1.29 is 4.79 Å². The lowest BCUT2D eigenvalue weighted by Gasteiger charge is -2.21. The summed E-state index contributed by atoms with van der Waals surface area (Å²) >= 11 is 0. The molecule has 0 aromatic rings. The Kier molecular flexibility index (Phi) is 3.93. The third-order valence-electron chi connectivity index (χ3n) is 2.40. The molecule has 3 nitrogen and oxygen atoms in total. The molecule has 0 unspecified atom stereocenters. The van der Waals surface area contributed by atoms with Crippen LogP contribution in [0.1, 0.15) is 46.5 Å². The van der Waals surface area contributed by atoms with Gasteiger partial charge in [-0.05, 0) is 46.6 Å². The van der Waals surface area contributed by atoms with Gasteiger partial charge in [0.1, 0.15) is 0 Å². The highest BCUT2D eigenvalue weighted by Gasteiger charge is 2.17.